The summed E-state index contributed by atoms with van der Waals surface area (Å²) >= 11 is 1.32. The molecule has 0 unspecified atom stereocenters. The van der Waals surface area contributed by atoms with Gasteiger partial charge in [-0.15, -0.1) is 0 Å². The summed E-state index contributed by atoms with van der Waals surface area (Å²) in [5.74, 6) is 0.0876. The number of rotatable bonds is 2. The summed E-state index contributed by atoms with van der Waals surface area (Å²) in [4.78, 5) is 16.5. The van der Waals surface area contributed by atoms with Gasteiger partial charge in [0.1, 0.15) is 5.75 Å². The quantitative estimate of drug-likeness (QED) is 0.795. The predicted octanol–water partition coefficient (Wildman–Crippen LogP) is 3.96. The number of carbonyl (C=O) groups is 1. The fraction of sp³-hybridized carbons (Fsp3) is 0.474. The highest BCUT2D eigenvalue weighted by Crippen LogP contribution is 2.40. The van der Waals surface area contributed by atoms with E-state index in [0.717, 1.165) is 16.7 Å². The number of phenols is 1. The normalized spacial score (nSPS) is 17.5. The Bertz CT molecular complexity index is 700. The van der Waals surface area contributed by atoms with Crippen LogP contribution in [-0.2, 0) is 15.6 Å². The van der Waals surface area contributed by atoms with E-state index in [1.54, 1.807) is 0 Å². The lowest BCUT2D eigenvalue weighted by Gasteiger charge is -2.28. The molecule has 0 saturated carbocycles. The first-order valence-electron chi connectivity index (χ1n) is 8.03. The van der Waals surface area contributed by atoms with E-state index in [0.29, 0.717) is 15.7 Å². The Morgan fingerprint density at radius 2 is 1.62 bits per heavy atom. The summed E-state index contributed by atoms with van der Waals surface area (Å²) in [7, 11) is 0. The Morgan fingerprint density at radius 3 is 2.00 bits per heavy atom. The van der Waals surface area contributed by atoms with Crippen LogP contribution >= 0.6 is 11.8 Å². The van der Waals surface area contributed by atoms with Gasteiger partial charge in [-0.1, -0.05) is 53.3 Å². The van der Waals surface area contributed by atoms with Gasteiger partial charge >= 0.3 is 0 Å². The number of aliphatic imine (C=N–C) groups is 1. The SMILES string of the molecule is CC(C)(C)c1cc(/C=C2\SC(CN)=NC2=O)cc(C(C)(C)C)c1O. The second-order valence-corrected chi connectivity index (χ2v) is 9.21. The predicted molar refractivity (Wildman–Crippen MR) is 103 cm³/mol. The molecule has 1 aromatic carbocycles. The summed E-state index contributed by atoms with van der Waals surface area (Å²) in [6.07, 6.45) is 1.84. The summed E-state index contributed by atoms with van der Waals surface area (Å²) in [6.45, 7) is 12.7. The molecule has 0 spiro atoms. The third kappa shape index (κ3) is 3.90. The van der Waals surface area contributed by atoms with Crippen molar-refractivity contribution in [3.8, 4) is 5.75 Å². The lowest BCUT2D eigenvalue weighted by Crippen LogP contribution is -2.17. The molecule has 0 fully saturated rings. The highest BCUT2D eigenvalue weighted by atomic mass is 32.2. The molecular formula is C19H26N2O2S. The van der Waals surface area contributed by atoms with Crippen molar-refractivity contribution >= 4 is 28.8 Å². The molecule has 0 aromatic heterocycles. The lowest BCUT2D eigenvalue weighted by molar-refractivity contribution is -0.113. The van der Waals surface area contributed by atoms with Gasteiger partial charge in [-0.05, 0) is 34.6 Å². The second kappa shape index (κ2) is 6.37. The fourth-order valence-corrected chi connectivity index (χ4v) is 3.37. The minimum absolute atomic E-state index is 0.204. The first kappa shape index (κ1) is 18.7. The number of phenolic OH excluding ortho intramolecular Hbond substituents is 1. The molecule has 0 atom stereocenters. The Labute approximate surface area is 148 Å². The number of hydrogen-bond acceptors (Lipinski definition) is 4. The van der Waals surface area contributed by atoms with Gasteiger partial charge < -0.3 is 10.8 Å². The van der Waals surface area contributed by atoms with Crippen molar-refractivity contribution < 1.29 is 9.90 Å². The van der Waals surface area contributed by atoms with Crippen molar-refractivity contribution in [2.45, 2.75) is 52.4 Å². The molecule has 1 aromatic rings. The molecule has 24 heavy (non-hydrogen) atoms. The molecule has 1 aliphatic rings. The number of aromatic hydroxyl groups is 1. The van der Waals surface area contributed by atoms with E-state index in [2.05, 4.69) is 46.5 Å². The fourth-order valence-electron chi connectivity index (χ4n) is 2.58. The van der Waals surface area contributed by atoms with Crippen molar-refractivity contribution in [2.24, 2.45) is 10.7 Å². The van der Waals surface area contributed by atoms with Crippen LogP contribution in [-0.4, -0.2) is 22.6 Å². The lowest BCUT2D eigenvalue weighted by atomic mass is 9.78. The maximum Gasteiger partial charge on any atom is 0.284 e. The van der Waals surface area contributed by atoms with E-state index in [1.807, 2.05) is 18.2 Å². The Kier molecular flexibility index (Phi) is 4.98. The average Bonchev–Trinajstić information content (AvgIpc) is 2.78. The van der Waals surface area contributed by atoms with Crippen molar-refractivity contribution in [3.63, 3.8) is 0 Å². The van der Waals surface area contributed by atoms with Crippen molar-refractivity contribution in [1.29, 1.82) is 0 Å². The molecule has 1 aliphatic heterocycles. The summed E-state index contributed by atoms with van der Waals surface area (Å²) in [5.41, 5.74) is 7.80. The zero-order valence-electron chi connectivity index (χ0n) is 15.2. The Morgan fingerprint density at radius 1 is 1.12 bits per heavy atom. The van der Waals surface area contributed by atoms with E-state index in [4.69, 9.17) is 5.73 Å². The maximum atomic E-state index is 12.0. The van der Waals surface area contributed by atoms with Crippen LogP contribution in [0, 0.1) is 0 Å². The Hall–Kier alpha value is -1.59. The van der Waals surface area contributed by atoms with Crippen molar-refractivity contribution in [3.05, 3.63) is 33.7 Å². The zero-order chi connectivity index (χ0) is 18.3. The minimum atomic E-state index is -0.247. The third-order valence-corrected chi connectivity index (χ3v) is 4.89. The number of nitrogens with zero attached hydrogens (tertiary/aromatic N) is 1. The van der Waals surface area contributed by atoms with E-state index in [-0.39, 0.29) is 23.3 Å². The van der Waals surface area contributed by atoms with Crippen LogP contribution in [0.4, 0.5) is 0 Å². The summed E-state index contributed by atoms with van der Waals surface area (Å²) in [5, 5.41) is 11.4. The van der Waals surface area contributed by atoms with Crippen LogP contribution in [0.15, 0.2) is 22.0 Å². The largest absolute Gasteiger partial charge is 0.507 e. The van der Waals surface area contributed by atoms with E-state index < -0.39 is 0 Å². The second-order valence-electron chi connectivity index (χ2n) is 8.09. The topological polar surface area (TPSA) is 75.7 Å². The van der Waals surface area contributed by atoms with Gasteiger partial charge in [-0.25, -0.2) is 4.99 Å². The number of nitrogens with two attached hydrogens (primary N) is 1. The molecule has 0 saturated heterocycles. The molecule has 1 amide bonds. The molecular weight excluding hydrogens is 320 g/mol. The average molecular weight is 346 g/mol. The van der Waals surface area contributed by atoms with E-state index in [1.165, 1.54) is 11.8 Å². The van der Waals surface area contributed by atoms with Gasteiger partial charge in [0.05, 0.1) is 9.95 Å². The number of amides is 1. The molecule has 5 heteroatoms. The number of benzene rings is 1. The number of carbonyl (C=O) groups excluding carboxylic acids is 1. The first-order valence-corrected chi connectivity index (χ1v) is 8.84. The molecule has 130 valence electrons. The van der Waals surface area contributed by atoms with Crippen LogP contribution < -0.4 is 5.73 Å². The molecule has 3 N–H and O–H groups in total. The van der Waals surface area contributed by atoms with E-state index >= 15 is 0 Å². The van der Waals surface area contributed by atoms with Gasteiger partial charge in [-0.3, -0.25) is 4.79 Å². The standard InChI is InChI=1S/C19H26N2O2S/c1-18(2,3)12-7-11(8-13(16(12)22)19(4,5)6)9-14-17(23)21-15(10-20)24-14/h7-9,22H,10,20H2,1-6H3/b14-9-. The van der Waals surface area contributed by atoms with Crippen LogP contribution in [0.2, 0.25) is 0 Å². The van der Waals surface area contributed by atoms with Crippen LogP contribution in [0.3, 0.4) is 0 Å². The van der Waals surface area contributed by atoms with Crippen LogP contribution in [0.5, 0.6) is 5.75 Å². The van der Waals surface area contributed by atoms with E-state index in [9.17, 15) is 9.90 Å². The monoisotopic (exact) mass is 346 g/mol. The molecule has 0 radical (unpaired) electrons. The summed E-state index contributed by atoms with van der Waals surface area (Å²) < 4.78 is 0. The number of thioether (sulfide) groups is 1. The van der Waals surface area contributed by atoms with Gasteiger partial charge in [0.2, 0.25) is 0 Å². The molecule has 0 aliphatic carbocycles. The maximum absolute atomic E-state index is 12.0. The van der Waals surface area contributed by atoms with Crippen LogP contribution in [0.1, 0.15) is 58.2 Å². The van der Waals surface area contributed by atoms with Crippen molar-refractivity contribution in [1.82, 2.24) is 0 Å². The van der Waals surface area contributed by atoms with Gasteiger partial charge in [0.15, 0.2) is 0 Å². The molecule has 1 heterocycles. The molecule has 4 nitrogen and oxygen atoms in total. The van der Waals surface area contributed by atoms with Gasteiger partial charge in [0.25, 0.3) is 5.91 Å². The summed E-state index contributed by atoms with van der Waals surface area (Å²) in [6, 6.07) is 3.90. The highest BCUT2D eigenvalue weighted by molar-refractivity contribution is 8.18. The highest BCUT2D eigenvalue weighted by Gasteiger charge is 2.27. The third-order valence-electron chi connectivity index (χ3n) is 3.89. The first-order chi connectivity index (χ1) is 10.9. The smallest absolute Gasteiger partial charge is 0.284 e. The van der Waals surface area contributed by atoms with Gasteiger partial charge in [-0.2, -0.15) is 0 Å². The minimum Gasteiger partial charge on any atom is -0.507 e. The Balaban J connectivity index is 2.58. The van der Waals surface area contributed by atoms with Gasteiger partial charge in [0, 0.05) is 17.7 Å². The van der Waals surface area contributed by atoms with Crippen LogP contribution in [0.25, 0.3) is 6.08 Å². The number of hydrogen-bond donors (Lipinski definition) is 2. The van der Waals surface area contributed by atoms with Crippen molar-refractivity contribution in [2.75, 3.05) is 6.54 Å². The molecule has 0 bridgehead atoms. The molecule has 2 rings (SSSR count). The zero-order valence-corrected chi connectivity index (χ0v) is 16.0.